The van der Waals surface area contributed by atoms with Crippen molar-refractivity contribution in [1.29, 1.82) is 0 Å². The predicted octanol–water partition coefficient (Wildman–Crippen LogP) is -1.11. The molecule has 0 saturated carbocycles. The molecular weight excluding hydrogens is 172 g/mol. The van der Waals surface area contributed by atoms with Gasteiger partial charge >= 0.3 is 0 Å². The molecule has 0 heterocycles. The second kappa shape index (κ2) is 11.1. The average Bonchev–Trinajstić information content (AvgIpc) is 2.18. The van der Waals surface area contributed by atoms with Gasteiger partial charge in [-0.05, 0) is 18.6 Å². The first-order chi connectivity index (χ1) is 6.12. The lowest BCUT2D eigenvalue weighted by Gasteiger charge is -1.96. The number of hydrogen-bond acceptors (Lipinski definition) is 4. The van der Waals surface area contributed by atoms with Gasteiger partial charge in [-0.15, -0.1) is 6.42 Å². The maximum Gasteiger partial charge on any atom is 0.100 e. The standard InChI is InChI=1S/C6H8O.C3H8O3/c1-3-6(2)4-5-7;4-1-3(6)2-5/h1,4,7H,5H2,2H3;3-6H,1-2H2/b6-4+;. The molecule has 4 N–H and O–H groups in total. The van der Waals surface area contributed by atoms with Gasteiger partial charge in [0.1, 0.15) is 6.10 Å². The Bertz CT molecular complexity index is 165. The largest absolute Gasteiger partial charge is 0.394 e. The Kier molecular flexibility index (Phi) is 12.6. The van der Waals surface area contributed by atoms with Crippen LogP contribution in [0.5, 0.6) is 0 Å². The van der Waals surface area contributed by atoms with Gasteiger partial charge in [-0.2, -0.15) is 0 Å². The van der Waals surface area contributed by atoms with Gasteiger partial charge in [0.25, 0.3) is 0 Å². The second-order valence-electron chi connectivity index (χ2n) is 2.23. The van der Waals surface area contributed by atoms with E-state index in [2.05, 4.69) is 5.92 Å². The molecule has 0 aromatic rings. The van der Waals surface area contributed by atoms with Gasteiger partial charge < -0.3 is 20.4 Å². The minimum atomic E-state index is -0.954. The van der Waals surface area contributed by atoms with Gasteiger partial charge in [-0.25, -0.2) is 0 Å². The van der Waals surface area contributed by atoms with Crippen LogP contribution in [0.4, 0.5) is 0 Å². The van der Waals surface area contributed by atoms with Gasteiger partial charge in [-0.3, -0.25) is 0 Å². The van der Waals surface area contributed by atoms with E-state index in [1.807, 2.05) is 0 Å². The molecule has 0 fully saturated rings. The highest BCUT2D eigenvalue weighted by molar-refractivity contribution is 5.22. The quantitative estimate of drug-likeness (QED) is 0.423. The van der Waals surface area contributed by atoms with E-state index < -0.39 is 6.10 Å². The summed E-state index contributed by atoms with van der Waals surface area (Å²) in [5.41, 5.74) is 0.780. The first kappa shape index (κ1) is 14.7. The molecule has 76 valence electrons. The van der Waals surface area contributed by atoms with Crippen molar-refractivity contribution in [1.82, 2.24) is 0 Å². The smallest absolute Gasteiger partial charge is 0.100 e. The maximum absolute atomic E-state index is 8.20. The number of rotatable bonds is 3. The molecule has 4 heteroatoms. The van der Waals surface area contributed by atoms with Crippen LogP contribution in [0.25, 0.3) is 0 Å². The van der Waals surface area contributed by atoms with Gasteiger partial charge in [0.05, 0.1) is 19.8 Å². The van der Waals surface area contributed by atoms with Crippen LogP contribution < -0.4 is 0 Å². The van der Waals surface area contributed by atoms with Crippen LogP contribution in [0.3, 0.4) is 0 Å². The van der Waals surface area contributed by atoms with Crippen LogP contribution >= 0.6 is 0 Å². The zero-order valence-electron chi connectivity index (χ0n) is 7.64. The number of terminal acetylenes is 1. The molecule has 0 unspecified atom stereocenters. The van der Waals surface area contributed by atoms with E-state index in [0.717, 1.165) is 5.57 Å². The van der Waals surface area contributed by atoms with E-state index in [4.69, 9.17) is 26.8 Å². The Morgan fingerprint density at radius 2 is 1.85 bits per heavy atom. The Labute approximate surface area is 78.2 Å². The fourth-order valence-corrected chi connectivity index (χ4v) is 0.254. The van der Waals surface area contributed by atoms with Crippen LogP contribution in [0.15, 0.2) is 11.6 Å². The summed E-state index contributed by atoms with van der Waals surface area (Å²) in [5.74, 6) is 2.37. The highest BCUT2D eigenvalue weighted by Gasteiger charge is 1.93. The summed E-state index contributed by atoms with van der Waals surface area (Å²) < 4.78 is 0. The number of allylic oxidation sites excluding steroid dienone is 1. The monoisotopic (exact) mass is 188 g/mol. The van der Waals surface area contributed by atoms with E-state index >= 15 is 0 Å². The molecular formula is C9H16O4. The third-order valence-electron chi connectivity index (χ3n) is 1.05. The van der Waals surface area contributed by atoms with Crippen LogP contribution in [-0.4, -0.2) is 46.4 Å². The van der Waals surface area contributed by atoms with Crippen LogP contribution in [-0.2, 0) is 0 Å². The Morgan fingerprint density at radius 1 is 1.38 bits per heavy atom. The zero-order chi connectivity index (χ0) is 10.7. The fraction of sp³-hybridized carbons (Fsp3) is 0.556. The highest BCUT2D eigenvalue weighted by atomic mass is 16.3. The molecule has 0 radical (unpaired) electrons. The maximum atomic E-state index is 8.20. The lowest BCUT2D eigenvalue weighted by atomic mass is 10.3. The van der Waals surface area contributed by atoms with Gasteiger partial charge in [0, 0.05) is 0 Å². The highest BCUT2D eigenvalue weighted by Crippen LogP contribution is 1.84. The number of aliphatic hydroxyl groups is 4. The van der Waals surface area contributed by atoms with E-state index in [0.29, 0.717) is 0 Å². The molecule has 0 aliphatic heterocycles. The second-order valence-corrected chi connectivity index (χ2v) is 2.23. The van der Waals surface area contributed by atoms with Crippen molar-refractivity contribution in [3.05, 3.63) is 11.6 Å². The summed E-state index contributed by atoms with van der Waals surface area (Å²) in [5, 5.41) is 32.2. The van der Waals surface area contributed by atoms with Crippen LogP contribution in [0.2, 0.25) is 0 Å². The summed E-state index contributed by atoms with van der Waals surface area (Å²) in [6.07, 6.45) is 5.56. The van der Waals surface area contributed by atoms with Crippen molar-refractivity contribution in [3.8, 4) is 12.3 Å². The molecule has 13 heavy (non-hydrogen) atoms. The van der Waals surface area contributed by atoms with Crippen molar-refractivity contribution in [2.24, 2.45) is 0 Å². The van der Waals surface area contributed by atoms with E-state index in [1.54, 1.807) is 13.0 Å². The molecule has 0 rings (SSSR count). The lowest BCUT2D eigenvalue weighted by Crippen LogP contribution is -2.15. The SMILES string of the molecule is C#C/C(C)=C/CO.OCC(O)CO. The van der Waals surface area contributed by atoms with Crippen LogP contribution in [0, 0.1) is 12.3 Å². The summed E-state index contributed by atoms with van der Waals surface area (Å²) >= 11 is 0. The van der Waals surface area contributed by atoms with E-state index in [-0.39, 0.29) is 19.8 Å². The van der Waals surface area contributed by atoms with E-state index in [1.165, 1.54) is 0 Å². The summed E-state index contributed by atoms with van der Waals surface area (Å²) in [4.78, 5) is 0. The molecule has 0 aromatic carbocycles. The Morgan fingerprint density at radius 3 is 1.92 bits per heavy atom. The minimum absolute atomic E-state index is 0.0377. The van der Waals surface area contributed by atoms with Gasteiger partial charge in [-0.1, -0.05) is 5.92 Å². The normalized spacial score (nSPS) is 10.4. The zero-order valence-corrected chi connectivity index (χ0v) is 7.64. The Balaban J connectivity index is 0. The van der Waals surface area contributed by atoms with Crippen molar-refractivity contribution in [2.75, 3.05) is 19.8 Å². The summed E-state index contributed by atoms with van der Waals surface area (Å²) in [6.45, 7) is 1.08. The molecule has 0 atom stereocenters. The Hall–Kier alpha value is -0.860. The average molecular weight is 188 g/mol. The molecule has 0 aromatic heterocycles. The summed E-state index contributed by atoms with van der Waals surface area (Å²) in [6, 6.07) is 0. The fourth-order valence-electron chi connectivity index (χ4n) is 0.254. The molecule has 0 bridgehead atoms. The van der Waals surface area contributed by atoms with E-state index in [9.17, 15) is 0 Å². The predicted molar refractivity (Wildman–Crippen MR) is 49.9 cm³/mol. The lowest BCUT2D eigenvalue weighted by molar-refractivity contribution is 0.0450. The van der Waals surface area contributed by atoms with Gasteiger partial charge in [0.15, 0.2) is 0 Å². The minimum Gasteiger partial charge on any atom is -0.394 e. The molecule has 0 amide bonds. The first-order valence-electron chi connectivity index (χ1n) is 3.76. The van der Waals surface area contributed by atoms with Crippen molar-refractivity contribution >= 4 is 0 Å². The van der Waals surface area contributed by atoms with Gasteiger partial charge in [0.2, 0.25) is 0 Å². The van der Waals surface area contributed by atoms with Crippen LogP contribution in [0.1, 0.15) is 6.92 Å². The van der Waals surface area contributed by atoms with Crippen molar-refractivity contribution in [2.45, 2.75) is 13.0 Å². The number of hydrogen-bond donors (Lipinski definition) is 4. The topological polar surface area (TPSA) is 80.9 Å². The third kappa shape index (κ3) is 14.0. The van der Waals surface area contributed by atoms with Crippen molar-refractivity contribution in [3.63, 3.8) is 0 Å². The van der Waals surface area contributed by atoms with Crippen molar-refractivity contribution < 1.29 is 20.4 Å². The first-order valence-corrected chi connectivity index (χ1v) is 3.76. The molecule has 0 saturated heterocycles. The third-order valence-corrected chi connectivity index (χ3v) is 1.05. The molecule has 4 nitrogen and oxygen atoms in total. The molecule has 0 aliphatic carbocycles. The molecule has 0 aliphatic rings. The summed E-state index contributed by atoms with van der Waals surface area (Å²) in [7, 11) is 0. The molecule has 0 spiro atoms. The number of aliphatic hydroxyl groups excluding tert-OH is 4.